The third kappa shape index (κ3) is 2.54. The van der Waals surface area contributed by atoms with Crippen LogP contribution in [-0.2, 0) is 0 Å². The molecule has 14 heavy (non-hydrogen) atoms. The number of thioether (sulfide) groups is 1. The zero-order valence-corrected chi connectivity index (χ0v) is 8.89. The topological polar surface area (TPSA) is 50.9 Å². The summed E-state index contributed by atoms with van der Waals surface area (Å²) >= 11 is 2.04. The van der Waals surface area contributed by atoms with Gasteiger partial charge in [-0.15, -0.1) is 0 Å². The first kappa shape index (κ1) is 9.65. The first-order valence-electron chi connectivity index (χ1n) is 4.87. The van der Waals surface area contributed by atoms with E-state index in [0.717, 1.165) is 23.8 Å². The minimum atomic E-state index is 0.718. The van der Waals surface area contributed by atoms with Crippen molar-refractivity contribution in [2.24, 2.45) is 5.92 Å². The summed E-state index contributed by atoms with van der Waals surface area (Å²) in [4.78, 5) is 4.04. The molecule has 2 heterocycles. The zero-order valence-electron chi connectivity index (χ0n) is 8.07. The highest BCUT2D eigenvalue weighted by Crippen LogP contribution is 2.23. The molecule has 1 aliphatic heterocycles. The molecule has 3 nitrogen and oxygen atoms in total. The van der Waals surface area contributed by atoms with Gasteiger partial charge in [0.25, 0.3) is 0 Å². The Morgan fingerprint density at radius 2 is 2.50 bits per heavy atom. The molecule has 0 aromatic carbocycles. The quantitative estimate of drug-likeness (QED) is 0.797. The van der Waals surface area contributed by atoms with E-state index in [-0.39, 0.29) is 0 Å². The molecule has 1 aromatic heterocycles. The standard InChI is InChI=1S/C10H15N3S/c11-9-3-10(6-12-5-9)13-4-8-1-2-14-7-8/h3,5-6,8,13H,1-2,4,7,11H2. The Morgan fingerprint density at radius 3 is 3.21 bits per heavy atom. The number of nitrogen functional groups attached to an aromatic ring is 1. The number of pyridine rings is 1. The average molecular weight is 209 g/mol. The smallest absolute Gasteiger partial charge is 0.0547 e. The van der Waals surface area contributed by atoms with Crippen LogP contribution in [0.25, 0.3) is 0 Å². The number of nitrogens with two attached hydrogens (primary N) is 1. The molecule has 4 heteroatoms. The fraction of sp³-hybridized carbons (Fsp3) is 0.500. The van der Waals surface area contributed by atoms with Gasteiger partial charge in [-0.25, -0.2) is 0 Å². The largest absolute Gasteiger partial charge is 0.397 e. The molecule has 1 saturated heterocycles. The summed E-state index contributed by atoms with van der Waals surface area (Å²) in [7, 11) is 0. The predicted octanol–water partition coefficient (Wildman–Crippen LogP) is 1.83. The van der Waals surface area contributed by atoms with Crippen LogP contribution in [0.15, 0.2) is 18.5 Å². The van der Waals surface area contributed by atoms with Crippen molar-refractivity contribution in [3.8, 4) is 0 Å². The van der Waals surface area contributed by atoms with Crippen molar-refractivity contribution in [3.63, 3.8) is 0 Å². The van der Waals surface area contributed by atoms with Gasteiger partial charge < -0.3 is 11.1 Å². The second-order valence-electron chi connectivity index (χ2n) is 3.62. The van der Waals surface area contributed by atoms with Crippen molar-refractivity contribution in [2.45, 2.75) is 6.42 Å². The zero-order chi connectivity index (χ0) is 9.80. The lowest BCUT2D eigenvalue weighted by molar-refractivity contribution is 0.632. The van der Waals surface area contributed by atoms with Crippen molar-refractivity contribution in [1.29, 1.82) is 0 Å². The molecule has 1 aromatic rings. The van der Waals surface area contributed by atoms with Crippen LogP contribution in [0, 0.1) is 5.92 Å². The minimum Gasteiger partial charge on any atom is -0.397 e. The van der Waals surface area contributed by atoms with E-state index in [2.05, 4.69) is 10.3 Å². The Kier molecular flexibility index (Phi) is 3.14. The third-order valence-corrected chi connectivity index (χ3v) is 3.61. The maximum atomic E-state index is 5.64. The highest BCUT2D eigenvalue weighted by molar-refractivity contribution is 7.99. The van der Waals surface area contributed by atoms with Crippen molar-refractivity contribution < 1.29 is 0 Å². The summed E-state index contributed by atoms with van der Waals surface area (Å²) in [6.45, 7) is 1.04. The van der Waals surface area contributed by atoms with Gasteiger partial charge in [-0.3, -0.25) is 4.98 Å². The summed E-state index contributed by atoms with van der Waals surface area (Å²) in [6.07, 6.45) is 4.81. The molecule has 0 bridgehead atoms. The van der Waals surface area contributed by atoms with Crippen LogP contribution in [0.3, 0.4) is 0 Å². The lowest BCUT2D eigenvalue weighted by Gasteiger charge is -2.10. The van der Waals surface area contributed by atoms with Crippen molar-refractivity contribution >= 4 is 23.1 Å². The van der Waals surface area contributed by atoms with Crippen molar-refractivity contribution in [2.75, 3.05) is 29.1 Å². The van der Waals surface area contributed by atoms with Crippen LogP contribution in [0.5, 0.6) is 0 Å². The first-order chi connectivity index (χ1) is 6.84. The van der Waals surface area contributed by atoms with Crippen LogP contribution < -0.4 is 11.1 Å². The first-order valence-corrected chi connectivity index (χ1v) is 6.02. The predicted molar refractivity (Wildman–Crippen MR) is 62.6 cm³/mol. The summed E-state index contributed by atoms with van der Waals surface area (Å²) in [5, 5.41) is 3.37. The monoisotopic (exact) mass is 209 g/mol. The molecule has 0 saturated carbocycles. The molecule has 0 spiro atoms. The highest BCUT2D eigenvalue weighted by Gasteiger charge is 2.14. The average Bonchev–Trinajstić information content (AvgIpc) is 2.67. The molecule has 3 N–H and O–H groups in total. The maximum Gasteiger partial charge on any atom is 0.0547 e. The van der Waals surface area contributed by atoms with Gasteiger partial charge in [-0.1, -0.05) is 0 Å². The molecule has 1 unspecified atom stereocenters. The summed E-state index contributed by atoms with van der Waals surface area (Å²) in [5.74, 6) is 3.39. The molecule has 1 aliphatic rings. The molecule has 0 radical (unpaired) electrons. The van der Waals surface area contributed by atoms with Crippen LogP contribution in [0.1, 0.15) is 6.42 Å². The van der Waals surface area contributed by atoms with Gasteiger partial charge in [0.15, 0.2) is 0 Å². The van der Waals surface area contributed by atoms with E-state index in [4.69, 9.17) is 5.73 Å². The van der Waals surface area contributed by atoms with E-state index < -0.39 is 0 Å². The Bertz CT molecular complexity index is 297. The van der Waals surface area contributed by atoms with Crippen LogP contribution in [0.4, 0.5) is 11.4 Å². The van der Waals surface area contributed by atoms with Crippen LogP contribution in [-0.4, -0.2) is 23.0 Å². The van der Waals surface area contributed by atoms with Gasteiger partial charge in [0, 0.05) is 12.7 Å². The molecular formula is C10H15N3S. The lowest BCUT2D eigenvalue weighted by atomic mass is 10.1. The van der Waals surface area contributed by atoms with Gasteiger partial charge in [0.05, 0.1) is 17.6 Å². The second-order valence-corrected chi connectivity index (χ2v) is 4.77. The number of hydrogen-bond acceptors (Lipinski definition) is 4. The Labute approximate surface area is 88.5 Å². The van der Waals surface area contributed by atoms with E-state index in [1.165, 1.54) is 17.9 Å². The van der Waals surface area contributed by atoms with Gasteiger partial charge >= 0.3 is 0 Å². The summed E-state index contributed by atoms with van der Waals surface area (Å²) in [5.41, 5.74) is 7.38. The number of anilines is 2. The fourth-order valence-corrected chi connectivity index (χ4v) is 2.85. The van der Waals surface area contributed by atoms with Crippen LogP contribution in [0.2, 0.25) is 0 Å². The number of aromatic nitrogens is 1. The highest BCUT2D eigenvalue weighted by atomic mass is 32.2. The lowest BCUT2D eigenvalue weighted by Crippen LogP contribution is -2.13. The SMILES string of the molecule is Nc1cncc(NCC2CCSC2)c1. The molecule has 0 amide bonds. The van der Waals surface area contributed by atoms with E-state index >= 15 is 0 Å². The maximum absolute atomic E-state index is 5.64. The molecule has 2 rings (SSSR count). The number of nitrogens with one attached hydrogen (secondary N) is 1. The Balaban J connectivity index is 1.85. The van der Waals surface area contributed by atoms with E-state index in [0.29, 0.717) is 0 Å². The summed E-state index contributed by atoms with van der Waals surface area (Å²) < 4.78 is 0. The van der Waals surface area contributed by atoms with E-state index in [1.54, 1.807) is 6.20 Å². The van der Waals surface area contributed by atoms with E-state index in [9.17, 15) is 0 Å². The van der Waals surface area contributed by atoms with E-state index in [1.807, 2.05) is 24.0 Å². The molecule has 0 aliphatic carbocycles. The van der Waals surface area contributed by atoms with Gasteiger partial charge in [0.2, 0.25) is 0 Å². The number of nitrogens with zero attached hydrogens (tertiary/aromatic N) is 1. The Morgan fingerprint density at radius 1 is 1.57 bits per heavy atom. The number of hydrogen-bond donors (Lipinski definition) is 2. The summed E-state index contributed by atoms with van der Waals surface area (Å²) in [6, 6.07) is 1.93. The van der Waals surface area contributed by atoms with Crippen LogP contribution >= 0.6 is 11.8 Å². The fourth-order valence-electron chi connectivity index (χ4n) is 1.56. The number of rotatable bonds is 3. The van der Waals surface area contributed by atoms with Crippen molar-refractivity contribution in [3.05, 3.63) is 18.5 Å². The van der Waals surface area contributed by atoms with Gasteiger partial charge in [0.1, 0.15) is 0 Å². The minimum absolute atomic E-state index is 0.718. The van der Waals surface area contributed by atoms with Gasteiger partial charge in [-0.2, -0.15) is 11.8 Å². The molecule has 76 valence electrons. The van der Waals surface area contributed by atoms with Gasteiger partial charge in [-0.05, 0) is 29.9 Å². The molecule has 1 fully saturated rings. The Hall–Kier alpha value is -0.900. The molecular weight excluding hydrogens is 194 g/mol. The normalized spacial score (nSPS) is 21.0. The molecule has 1 atom stereocenters. The third-order valence-electron chi connectivity index (χ3n) is 2.38. The van der Waals surface area contributed by atoms with Crippen molar-refractivity contribution in [1.82, 2.24) is 4.98 Å². The second kappa shape index (κ2) is 4.55.